The molecule has 0 radical (unpaired) electrons. The Morgan fingerprint density at radius 2 is 2.16 bits per heavy atom. The number of hydrogen-bond acceptors (Lipinski definition) is 3. The third kappa shape index (κ3) is 2.01. The van der Waals surface area contributed by atoms with Crippen LogP contribution in [0.1, 0.15) is 30.7 Å². The smallest absolute Gasteiger partial charge is 0.0811 e. The Morgan fingerprint density at radius 3 is 2.95 bits per heavy atom. The Hall–Kier alpha value is -1.19. The highest BCUT2D eigenvalue weighted by molar-refractivity contribution is 7.07. The molecule has 1 aliphatic heterocycles. The van der Waals surface area contributed by atoms with Crippen LogP contribution in [0.2, 0.25) is 0 Å². The summed E-state index contributed by atoms with van der Waals surface area (Å²) in [5.41, 5.74) is 6.31. The average Bonchev–Trinajstić information content (AvgIpc) is 2.92. The summed E-state index contributed by atoms with van der Waals surface area (Å²) in [7, 11) is 0. The summed E-state index contributed by atoms with van der Waals surface area (Å²) in [4.78, 5) is 4.41. The molecule has 2 fully saturated rings. The Bertz CT molecular complexity index is 572. The molecule has 2 nitrogen and oxygen atoms in total. The number of rotatable bonds is 2. The van der Waals surface area contributed by atoms with Gasteiger partial charge in [-0.05, 0) is 42.2 Å². The highest BCUT2D eigenvalue weighted by Gasteiger charge is 2.54. The molecular weight excluding hydrogens is 254 g/mol. The predicted molar refractivity (Wildman–Crippen MR) is 77.4 cm³/mol. The predicted octanol–water partition coefficient (Wildman–Crippen LogP) is 4.09. The van der Waals surface area contributed by atoms with Crippen LogP contribution >= 0.6 is 11.3 Å². The van der Waals surface area contributed by atoms with Crippen LogP contribution in [0.3, 0.4) is 0 Å². The molecule has 1 aliphatic carbocycles. The van der Waals surface area contributed by atoms with Crippen LogP contribution in [0.25, 0.3) is 11.3 Å². The van der Waals surface area contributed by atoms with Crippen LogP contribution in [0.15, 0.2) is 35.2 Å². The summed E-state index contributed by atoms with van der Waals surface area (Å²) in [5, 5.41) is 2.12. The molecule has 0 bridgehead atoms. The zero-order valence-corrected chi connectivity index (χ0v) is 11.7. The summed E-state index contributed by atoms with van der Waals surface area (Å²) in [6, 6.07) is 8.96. The van der Waals surface area contributed by atoms with E-state index in [-0.39, 0.29) is 0 Å². The highest BCUT2D eigenvalue weighted by Crippen LogP contribution is 2.64. The molecule has 1 aromatic heterocycles. The third-order valence-electron chi connectivity index (χ3n) is 4.70. The summed E-state index contributed by atoms with van der Waals surface area (Å²) in [5.74, 6) is 0.745. The molecule has 98 valence electrons. The molecule has 1 saturated carbocycles. The lowest BCUT2D eigenvalue weighted by Crippen LogP contribution is -2.18. The molecule has 19 heavy (non-hydrogen) atoms. The molecule has 2 aromatic rings. The molecule has 3 heteroatoms. The Labute approximate surface area is 117 Å². The second-order valence-corrected chi connectivity index (χ2v) is 6.45. The van der Waals surface area contributed by atoms with Crippen molar-refractivity contribution in [3.8, 4) is 11.3 Å². The second-order valence-electron chi connectivity index (χ2n) is 5.73. The van der Waals surface area contributed by atoms with Gasteiger partial charge in [0.1, 0.15) is 0 Å². The molecule has 0 amide bonds. The van der Waals surface area contributed by atoms with Gasteiger partial charge in [-0.15, -0.1) is 11.3 Å². The summed E-state index contributed by atoms with van der Waals surface area (Å²) < 4.78 is 5.50. The first-order valence-electron chi connectivity index (χ1n) is 6.94. The van der Waals surface area contributed by atoms with Gasteiger partial charge >= 0.3 is 0 Å². The maximum Gasteiger partial charge on any atom is 0.0811 e. The van der Waals surface area contributed by atoms with Crippen molar-refractivity contribution in [2.75, 3.05) is 13.2 Å². The minimum Gasteiger partial charge on any atom is -0.381 e. The van der Waals surface area contributed by atoms with Crippen molar-refractivity contribution >= 4 is 11.3 Å². The van der Waals surface area contributed by atoms with Crippen molar-refractivity contribution in [3.63, 3.8) is 0 Å². The van der Waals surface area contributed by atoms with Gasteiger partial charge in [0, 0.05) is 24.2 Å². The number of aromatic nitrogens is 1. The van der Waals surface area contributed by atoms with Crippen molar-refractivity contribution in [1.29, 1.82) is 0 Å². The Balaban J connectivity index is 1.61. The highest BCUT2D eigenvalue weighted by atomic mass is 32.1. The molecule has 2 heterocycles. The normalized spacial score (nSPS) is 24.5. The summed E-state index contributed by atoms with van der Waals surface area (Å²) in [6.45, 7) is 1.89. The fraction of sp³-hybridized carbons (Fsp3) is 0.438. The first-order valence-corrected chi connectivity index (χ1v) is 7.88. The minimum absolute atomic E-state index is 0.555. The van der Waals surface area contributed by atoms with Gasteiger partial charge in [-0.1, -0.05) is 18.2 Å². The zero-order valence-electron chi connectivity index (χ0n) is 10.8. The van der Waals surface area contributed by atoms with E-state index in [2.05, 4.69) is 34.6 Å². The summed E-state index contributed by atoms with van der Waals surface area (Å²) >= 11 is 1.66. The number of ether oxygens (including phenoxy) is 1. The fourth-order valence-electron chi connectivity index (χ4n) is 3.42. The van der Waals surface area contributed by atoms with Gasteiger partial charge < -0.3 is 4.74 Å². The van der Waals surface area contributed by atoms with Crippen LogP contribution in [0.5, 0.6) is 0 Å². The molecule has 1 atom stereocenters. The molecular formula is C16H17NOS. The van der Waals surface area contributed by atoms with E-state index in [4.69, 9.17) is 4.74 Å². The van der Waals surface area contributed by atoms with E-state index in [9.17, 15) is 0 Å². The quantitative estimate of drug-likeness (QED) is 0.820. The lowest BCUT2D eigenvalue weighted by molar-refractivity contribution is 0.0557. The zero-order chi connectivity index (χ0) is 12.7. The van der Waals surface area contributed by atoms with Crippen LogP contribution in [-0.4, -0.2) is 18.2 Å². The maximum atomic E-state index is 5.50. The van der Waals surface area contributed by atoms with Crippen LogP contribution in [0.4, 0.5) is 0 Å². The number of thiazole rings is 1. The molecule has 1 unspecified atom stereocenters. The van der Waals surface area contributed by atoms with Gasteiger partial charge in [0.15, 0.2) is 0 Å². The summed E-state index contributed by atoms with van der Waals surface area (Å²) in [6.07, 6.45) is 3.81. The van der Waals surface area contributed by atoms with Crippen LogP contribution in [-0.2, 0) is 4.74 Å². The molecule has 1 saturated heterocycles. The molecule has 0 N–H and O–H groups in total. The molecule has 1 aromatic carbocycles. The topological polar surface area (TPSA) is 22.1 Å². The SMILES string of the molecule is c1cc(-c2cscn2)cc(C2CC23CCOCC3)c1. The second kappa shape index (κ2) is 4.43. The van der Waals surface area contributed by atoms with Gasteiger partial charge in [0.25, 0.3) is 0 Å². The number of benzene rings is 1. The van der Waals surface area contributed by atoms with Crippen molar-refractivity contribution in [1.82, 2.24) is 4.98 Å². The first-order chi connectivity index (χ1) is 9.37. The van der Waals surface area contributed by atoms with Crippen molar-refractivity contribution in [3.05, 3.63) is 40.7 Å². The minimum atomic E-state index is 0.555. The van der Waals surface area contributed by atoms with E-state index in [1.54, 1.807) is 11.3 Å². The Morgan fingerprint density at radius 1 is 1.26 bits per heavy atom. The molecule has 4 rings (SSSR count). The van der Waals surface area contributed by atoms with Crippen molar-refractivity contribution in [2.24, 2.45) is 5.41 Å². The van der Waals surface area contributed by atoms with E-state index < -0.39 is 0 Å². The van der Waals surface area contributed by atoms with Crippen molar-refractivity contribution < 1.29 is 4.74 Å². The lowest BCUT2D eigenvalue weighted by Gasteiger charge is -2.23. The monoisotopic (exact) mass is 271 g/mol. The third-order valence-corrected chi connectivity index (χ3v) is 5.28. The molecule has 1 spiro atoms. The first kappa shape index (κ1) is 11.6. The van der Waals surface area contributed by atoms with Gasteiger partial charge in [-0.2, -0.15) is 0 Å². The van der Waals surface area contributed by atoms with E-state index >= 15 is 0 Å². The van der Waals surface area contributed by atoms with Gasteiger partial charge in [-0.3, -0.25) is 0 Å². The van der Waals surface area contributed by atoms with E-state index in [1.165, 1.54) is 30.4 Å². The number of nitrogens with zero attached hydrogens (tertiary/aromatic N) is 1. The van der Waals surface area contributed by atoms with Gasteiger partial charge in [0.05, 0.1) is 11.2 Å². The Kier molecular flexibility index (Phi) is 2.71. The van der Waals surface area contributed by atoms with Crippen LogP contribution < -0.4 is 0 Å². The van der Waals surface area contributed by atoms with Crippen LogP contribution in [0, 0.1) is 5.41 Å². The van der Waals surface area contributed by atoms with Gasteiger partial charge in [0.2, 0.25) is 0 Å². The van der Waals surface area contributed by atoms with E-state index in [0.717, 1.165) is 24.8 Å². The standard InChI is InChI=1S/C16H17NOS/c1-2-12(8-13(3-1)15-10-19-11-17-15)14-9-16(14)4-6-18-7-5-16/h1-3,8,10-11,14H,4-7,9H2. The number of hydrogen-bond donors (Lipinski definition) is 0. The van der Waals surface area contributed by atoms with Gasteiger partial charge in [-0.25, -0.2) is 4.98 Å². The average molecular weight is 271 g/mol. The van der Waals surface area contributed by atoms with Crippen molar-refractivity contribution in [2.45, 2.75) is 25.2 Å². The molecule has 2 aliphatic rings. The largest absolute Gasteiger partial charge is 0.381 e. The maximum absolute atomic E-state index is 5.50. The van der Waals surface area contributed by atoms with E-state index in [1.807, 2.05) is 5.51 Å². The van der Waals surface area contributed by atoms with E-state index in [0.29, 0.717) is 5.41 Å². The lowest BCUT2D eigenvalue weighted by atomic mass is 9.90. The fourth-order valence-corrected chi connectivity index (χ4v) is 3.98.